The molecule has 2 aliphatic heterocycles. The average molecular weight is 458 g/mol. The van der Waals surface area contributed by atoms with Crippen LogP contribution in [0.1, 0.15) is 72.5 Å². The van der Waals surface area contributed by atoms with Gasteiger partial charge in [-0.15, -0.1) is 0 Å². The van der Waals surface area contributed by atoms with Gasteiger partial charge < -0.3 is 24.1 Å². The molecule has 33 heavy (non-hydrogen) atoms. The maximum absolute atomic E-state index is 6.42. The van der Waals surface area contributed by atoms with Crippen molar-refractivity contribution in [1.29, 1.82) is 0 Å². The molecule has 11 nitrogen and oxygen atoms in total. The average Bonchev–Trinajstić information content (AvgIpc) is 3.47. The highest BCUT2D eigenvalue weighted by Crippen LogP contribution is 2.49. The molecule has 3 aromatic rings. The molecule has 4 atom stereocenters. The van der Waals surface area contributed by atoms with Crippen molar-refractivity contribution in [2.45, 2.75) is 84.2 Å². The fourth-order valence-corrected chi connectivity index (χ4v) is 4.12. The Morgan fingerprint density at radius 3 is 2.58 bits per heavy atom. The summed E-state index contributed by atoms with van der Waals surface area (Å²) < 4.78 is 26.3. The molecule has 11 heteroatoms. The number of nitrogens with zero attached hydrogens (tertiary/aromatic N) is 6. The van der Waals surface area contributed by atoms with E-state index in [1.54, 1.807) is 6.33 Å². The number of ether oxygens (including phenoxy) is 3. The van der Waals surface area contributed by atoms with Crippen LogP contribution in [0.5, 0.6) is 0 Å². The summed E-state index contributed by atoms with van der Waals surface area (Å²) in [6, 6.07) is 0. The van der Waals surface area contributed by atoms with Gasteiger partial charge in [0.25, 0.3) is 5.89 Å². The molecule has 0 saturated carbocycles. The summed E-state index contributed by atoms with van der Waals surface area (Å²) in [5.41, 5.74) is 1.07. The van der Waals surface area contributed by atoms with Gasteiger partial charge in [0.1, 0.15) is 18.5 Å². The van der Waals surface area contributed by atoms with Crippen molar-refractivity contribution in [3.05, 3.63) is 24.4 Å². The van der Waals surface area contributed by atoms with Crippen LogP contribution in [0.25, 0.3) is 11.2 Å². The smallest absolute Gasteiger partial charge is 0.258 e. The van der Waals surface area contributed by atoms with Crippen molar-refractivity contribution in [3.8, 4) is 0 Å². The Bertz CT molecular complexity index is 1150. The lowest BCUT2D eigenvalue weighted by Gasteiger charge is -2.23. The lowest BCUT2D eigenvalue weighted by atomic mass is 9.96. The van der Waals surface area contributed by atoms with Crippen LogP contribution in [0.15, 0.2) is 17.2 Å². The van der Waals surface area contributed by atoms with E-state index < -0.39 is 30.3 Å². The van der Waals surface area contributed by atoms with Gasteiger partial charge in [0, 0.05) is 12.0 Å². The highest BCUT2D eigenvalue weighted by atomic mass is 16.8. The van der Waals surface area contributed by atoms with Gasteiger partial charge in [-0.05, 0) is 19.8 Å². The molecule has 178 valence electrons. The first-order valence-electron chi connectivity index (χ1n) is 11.3. The van der Waals surface area contributed by atoms with Crippen LogP contribution in [0.4, 0.5) is 5.82 Å². The van der Waals surface area contributed by atoms with Crippen LogP contribution in [0.2, 0.25) is 0 Å². The molecule has 5 heterocycles. The first-order chi connectivity index (χ1) is 15.5. The van der Waals surface area contributed by atoms with Crippen LogP contribution in [0, 0.1) is 5.92 Å². The van der Waals surface area contributed by atoms with Crippen molar-refractivity contribution in [2.75, 3.05) is 11.9 Å². The fraction of sp³-hybridized carbons (Fsp3) is 0.682. The molecule has 0 bridgehead atoms. The summed E-state index contributed by atoms with van der Waals surface area (Å²) >= 11 is 0. The van der Waals surface area contributed by atoms with E-state index in [1.807, 2.05) is 39.2 Å². The van der Waals surface area contributed by atoms with Crippen molar-refractivity contribution in [3.63, 3.8) is 0 Å². The van der Waals surface area contributed by atoms with Gasteiger partial charge in [0.15, 0.2) is 40.9 Å². The van der Waals surface area contributed by atoms with Gasteiger partial charge >= 0.3 is 0 Å². The predicted molar refractivity (Wildman–Crippen MR) is 118 cm³/mol. The topological polar surface area (TPSA) is 122 Å². The summed E-state index contributed by atoms with van der Waals surface area (Å²) in [7, 11) is 0. The molecule has 2 aliphatic rings. The minimum Gasteiger partial charge on any atom is -0.368 e. The first kappa shape index (κ1) is 22.2. The Labute approximate surface area is 192 Å². The summed E-state index contributed by atoms with van der Waals surface area (Å²) in [4.78, 5) is 18.0. The third kappa shape index (κ3) is 3.98. The lowest BCUT2D eigenvalue weighted by molar-refractivity contribution is -0.199. The van der Waals surface area contributed by atoms with E-state index in [-0.39, 0.29) is 5.41 Å². The number of hydrogen-bond donors (Lipinski definition) is 1. The number of fused-ring (bicyclic) bond motifs is 2. The molecule has 3 aromatic heterocycles. The maximum atomic E-state index is 6.42. The lowest BCUT2D eigenvalue weighted by Crippen LogP contribution is -2.27. The normalized spacial score (nSPS) is 26.9. The number of hydrogen-bond acceptors (Lipinski definition) is 10. The SMILES string of the molecule is CC(C)CNc1ncnc2c1ncn2[C@@H]1O[C@H](c2nc(C(C)(C)C)no2)[C@@H]2OC(C)(C)O[C@@H]21. The molecule has 0 amide bonds. The number of anilines is 1. The van der Waals surface area contributed by atoms with Crippen molar-refractivity contribution in [2.24, 2.45) is 5.92 Å². The van der Waals surface area contributed by atoms with Crippen molar-refractivity contribution >= 4 is 17.0 Å². The Morgan fingerprint density at radius 2 is 1.88 bits per heavy atom. The number of nitrogens with one attached hydrogen (secondary N) is 1. The highest BCUT2D eigenvalue weighted by Gasteiger charge is 2.58. The third-order valence-electron chi connectivity index (χ3n) is 5.70. The molecule has 0 unspecified atom stereocenters. The van der Waals surface area contributed by atoms with Crippen molar-refractivity contribution in [1.82, 2.24) is 29.7 Å². The highest BCUT2D eigenvalue weighted by molar-refractivity contribution is 5.82. The second-order valence-corrected chi connectivity index (χ2v) is 10.5. The molecule has 5 rings (SSSR count). The van der Waals surface area contributed by atoms with Gasteiger partial charge in [-0.1, -0.05) is 39.8 Å². The maximum Gasteiger partial charge on any atom is 0.258 e. The largest absolute Gasteiger partial charge is 0.368 e. The molecule has 2 saturated heterocycles. The van der Waals surface area contributed by atoms with E-state index in [9.17, 15) is 0 Å². The first-order valence-corrected chi connectivity index (χ1v) is 11.3. The second kappa shape index (κ2) is 7.71. The van der Waals surface area contributed by atoms with Gasteiger partial charge in [0.2, 0.25) is 0 Å². The zero-order valence-electron chi connectivity index (χ0n) is 20.1. The molecule has 1 N–H and O–H groups in total. The number of rotatable bonds is 5. The fourth-order valence-electron chi connectivity index (χ4n) is 4.12. The van der Waals surface area contributed by atoms with E-state index in [0.717, 1.165) is 6.54 Å². The van der Waals surface area contributed by atoms with E-state index in [4.69, 9.17) is 18.7 Å². The van der Waals surface area contributed by atoms with Gasteiger partial charge in [0.05, 0.1) is 6.33 Å². The van der Waals surface area contributed by atoms with Crippen LogP contribution in [-0.4, -0.2) is 54.2 Å². The molecule has 0 aliphatic carbocycles. The van der Waals surface area contributed by atoms with E-state index in [0.29, 0.717) is 34.6 Å². The summed E-state index contributed by atoms with van der Waals surface area (Å²) in [5, 5.41) is 7.50. The summed E-state index contributed by atoms with van der Waals surface area (Å²) in [5.74, 6) is 1.36. The van der Waals surface area contributed by atoms with Gasteiger partial charge in [-0.3, -0.25) is 4.57 Å². The van der Waals surface area contributed by atoms with E-state index >= 15 is 0 Å². The van der Waals surface area contributed by atoms with Crippen LogP contribution < -0.4 is 5.32 Å². The Morgan fingerprint density at radius 1 is 1.12 bits per heavy atom. The summed E-state index contributed by atoms with van der Waals surface area (Å²) in [6.07, 6.45) is 1.28. The number of aromatic nitrogens is 6. The van der Waals surface area contributed by atoms with Crippen LogP contribution >= 0.6 is 0 Å². The molecule has 0 aromatic carbocycles. The molecule has 2 fully saturated rings. The number of imidazole rings is 1. The molecular formula is C22H31N7O4. The van der Waals surface area contributed by atoms with E-state index in [2.05, 4.69) is 44.3 Å². The Hall–Kier alpha value is -2.63. The summed E-state index contributed by atoms with van der Waals surface area (Å²) in [6.45, 7) is 14.9. The van der Waals surface area contributed by atoms with Gasteiger partial charge in [-0.25, -0.2) is 15.0 Å². The van der Waals surface area contributed by atoms with Gasteiger partial charge in [-0.2, -0.15) is 4.98 Å². The third-order valence-corrected chi connectivity index (χ3v) is 5.70. The molecular weight excluding hydrogens is 426 g/mol. The van der Waals surface area contributed by atoms with E-state index in [1.165, 1.54) is 6.33 Å². The zero-order valence-corrected chi connectivity index (χ0v) is 20.1. The predicted octanol–water partition coefficient (Wildman–Crippen LogP) is 3.36. The van der Waals surface area contributed by atoms with Crippen LogP contribution in [0.3, 0.4) is 0 Å². The Kier molecular flexibility index (Phi) is 5.18. The van der Waals surface area contributed by atoms with Crippen LogP contribution in [-0.2, 0) is 19.6 Å². The monoisotopic (exact) mass is 457 g/mol. The quantitative estimate of drug-likeness (QED) is 0.610. The minimum absolute atomic E-state index is 0.248. The second-order valence-electron chi connectivity index (χ2n) is 10.5. The zero-order chi connectivity index (χ0) is 23.5. The standard InChI is InChI=1S/C22H31N7O4/c1-11(2)8-23-16-12-17(25-9-24-16)29(10-26-12)19-15-13(31-22(6,7)32-15)14(30-19)18-27-20(28-33-18)21(3,4)5/h9-11,13-15,19H,8H2,1-7H3,(H,23,24,25)/t13-,14-,15-,19+/m0/s1. The molecule has 0 spiro atoms. The molecule has 0 radical (unpaired) electrons. The minimum atomic E-state index is -0.780. The Balaban J connectivity index is 1.50. The van der Waals surface area contributed by atoms with Crippen molar-refractivity contribution < 1.29 is 18.7 Å².